The number of aromatic amines is 1. The first-order valence-corrected chi connectivity index (χ1v) is 6.68. The van der Waals surface area contributed by atoms with E-state index in [1.165, 1.54) is 6.20 Å². The zero-order chi connectivity index (χ0) is 11.9. The number of aromatic nitrogens is 1. The first-order chi connectivity index (χ1) is 7.38. The molecule has 17 heavy (non-hydrogen) atoms. The molecule has 86 valence electrons. The summed E-state index contributed by atoms with van der Waals surface area (Å²) in [4.78, 5) is 23.8. The standard InChI is InChI=1S/C8H6BrClNO4P.Ca/c9-4-1-2-5-7(8(4)10)6(3-11-5)15-16(12,13)14;/h1-3,11H,(H2,12,13,14);/q;+2/p-2. The fourth-order valence-corrected chi connectivity index (χ4v) is 2.29. The van der Waals surface area contributed by atoms with Crippen molar-refractivity contribution < 1.29 is 18.9 Å². The third-order valence-corrected chi connectivity index (χ3v) is 3.61. The van der Waals surface area contributed by atoms with Gasteiger partial charge in [-0.25, -0.2) is 0 Å². The molecular formula is C8H4BrCaClNO4P. The zero-order valence-electron chi connectivity index (χ0n) is 8.28. The van der Waals surface area contributed by atoms with E-state index in [-0.39, 0.29) is 48.5 Å². The second-order valence-corrected chi connectivity index (χ2v) is 5.28. The summed E-state index contributed by atoms with van der Waals surface area (Å²) in [5.41, 5.74) is 0.580. The summed E-state index contributed by atoms with van der Waals surface area (Å²) in [7, 11) is -5.09. The topological polar surface area (TPSA) is 88.2 Å². The van der Waals surface area contributed by atoms with Crippen molar-refractivity contribution in [1.82, 2.24) is 4.98 Å². The van der Waals surface area contributed by atoms with Gasteiger partial charge in [-0.1, -0.05) is 11.6 Å². The summed E-state index contributed by atoms with van der Waals surface area (Å²) >= 11 is 9.15. The normalized spacial score (nSPS) is 11.3. The molecular weight excluding hydrogens is 361 g/mol. The quantitative estimate of drug-likeness (QED) is 0.645. The number of benzene rings is 1. The molecule has 1 heterocycles. The number of H-pyrrole nitrogens is 1. The molecule has 1 aromatic heterocycles. The molecule has 0 atom stereocenters. The second-order valence-electron chi connectivity index (χ2n) is 2.98. The average Bonchev–Trinajstić information content (AvgIpc) is 2.53. The van der Waals surface area contributed by atoms with E-state index in [0.717, 1.165) is 0 Å². The largest absolute Gasteiger partial charge is 2.00 e. The molecule has 0 radical (unpaired) electrons. The summed E-state index contributed by atoms with van der Waals surface area (Å²) in [6.07, 6.45) is 1.27. The van der Waals surface area contributed by atoms with Gasteiger partial charge in [0.25, 0.3) is 0 Å². The molecule has 2 rings (SSSR count). The Morgan fingerprint density at radius 2 is 2.06 bits per heavy atom. The van der Waals surface area contributed by atoms with Gasteiger partial charge >= 0.3 is 37.7 Å². The molecule has 1 aromatic carbocycles. The van der Waals surface area contributed by atoms with Crippen LogP contribution >= 0.6 is 35.4 Å². The van der Waals surface area contributed by atoms with E-state index in [1.54, 1.807) is 12.1 Å². The van der Waals surface area contributed by atoms with Crippen molar-refractivity contribution in [3.8, 4) is 5.75 Å². The van der Waals surface area contributed by atoms with Crippen LogP contribution < -0.4 is 14.3 Å². The molecule has 0 aliphatic heterocycles. The van der Waals surface area contributed by atoms with Crippen molar-refractivity contribution in [3.63, 3.8) is 0 Å². The monoisotopic (exact) mass is 363 g/mol. The van der Waals surface area contributed by atoms with E-state index in [4.69, 9.17) is 11.6 Å². The number of phosphoric acid groups is 1. The molecule has 0 unspecified atom stereocenters. The number of halogens is 2. The van der Waals surface area contributed by atoms with Crippen LogP contribution in [0.3, 0.4) is 0 Å². The maximum Gasteiger partial charge on any atom is 2.00 e. The third kappa shape index (κ3) is 3.61. The Hall–Kier alpha value is 0.740. The van der Waals surface area contributed by atoms with Crippen molar-refractivity contribution in [1.29, 1.82) is 0 Å². The van der Waals surface area contributed by atoms with Crippen LogP contribution in [0.4, 0.5) is 0 Å². The SMILES string of the molecule is O=P([O-])([O-])Oc1c[nH]c2ccc(Br)c(Cl)c12.[Ca+2]. The zero-order valence-corrected chi connectivity index (χ0v) is 13.7. The first-order valence-electron chi connectivity index (χ1n) is 4.05. The van der Waals surface area contributed by atoms with Crippen molar-refractivity contribution in [2.75, 3.05) is 0 Å². The van der Waals surface area contributed by atoms with Gasteiger partial charge in [-0.05, 0) is 28.1 Å². The molecule has 1 N–H and O–H groups in total. The van der Waals surface area contributed by atoms with Crippen LogP contribution in [0.5, 0.6) is 5.75 Å². The number of nitrogens with one attached hydrogen (secondary N) is 1. The van der Waals surface area contributed by atoms with E-state index in [0.29, 0.717) is 15.4 Å². The molecule has 0 amide bonds. The molecule has 0 aliphatic rings. The molecule has 0 saturated heterocycles. The summed E-state index contributed by atoms with van der Waals surface area (Å²) < 4.78 is 15.4. The van der Waals surface area contributed by atoms with Crippen LogP contribution in [0, 0.1) is 0 Å². The molecule has 5 nitrogen and oxygen atoms in total. The van der Waals surface area contributed by atoms with Crippen molar-refractivity contribution in [3.05, 3.63) is 27.8 Å². The van der Waals surface area contributed by atoms with Gasteiger partial charge in [0, 0.05) is 10.7 Å². The Kier molecular flexibility index (Phi) is 5.39. The molecule has 0 aliphatic carbocycles. The van der Waals surface area contributed by atoms with E-state index in [2.05, 4.69) is 25.4 Å². The molecule has 9 heteroatoms. The Morgan fingerprint density at radius 1 is 1.41 bits per heavy atom. The Bertz CT molecular complexity index is 598. The van der Waals surface area contributed by atoms with Crippen LogP contribution in [0.15, 0.2) is 22.8 Å². The fraction of sp³-hybridized carbons (Fsp3) is 0. The van der Waals surface area contributed by atoms with Crippen LogP contribution in [-0.2, 0) is 4.57 Å². The van der Waals surface area contributed by atoms with Gasteiger partial charge in [0.1, 0.15) is 7.82 Å². The Morgan fingerprint density at radius 3 is 2.65 bits per heavy atom. The van der Waals surface area contributed by atoms with E-state index in [9.17, 15) is 14.4 Å². The summed E-state index contributed by atoms with van der Waals surface area (Å²) in [6.45, 7) is 0. The number of phosphoric ester groups is 1. The van der Waals surface area contributed by atoms with Crippen molar-refractivity contribution in [2.45, 2.75) is 0 Å². The van der Waals surface area contributed by atoms with E-state index >= 15 is 0 Å². The molecule has 0 saturated carbocycles. The second kappa shape index (κ2) is 5.80. The maximum absolute atomic E-state index is 10.5. The van der Waals surface area contributed by atoms with Crippen LogP contribution in [-0.4, -0.2) is 42.7 Å². The smallest absolute Gasteiger partial charge is 0.780 e. The number of hydrogen-bond acceptors (Lipinski definition) is 4. The van der Waals surface area contributed by atoms with E-state index in [1.807, 2.05) is 0 Å². The average molecular weight is 365 g/mol. The van der Waals surface area contributed by atoms with Gasteiger partial charge in [0.15, 0.2) is 5.75 Å². The van der Waals surface area contributed by atoms with Gasteiger partial charge in [0.05, 0.1) is 15.9 Å². The minimum absolute atomic E-state index is 0. The number of fused-ring (bicyclic) bond motifs is 1. The van der Waals surface area contributed by atoms with Crippen molar-refractivity contribution in [2.24, 2.45) is 0 Å². The first kappa shape index (κ1) is 15.8. The summed E-state index contributed by atoms with van der Waals surface area (Å²) in [6, 6.07) is 3.37. The van der Waals surface area contributed by atoms with Crippen LogP contribution in [0.2, 0.25) is 5.02 Å². The molecule has 0 spiro atoms. The molecule has 0 bridgehead atoms. The molecule has 2 aromatic rings. The summed E-state index contributed by atoms with van der Waals surface area (Å²) in [5.74, 6) is -0.102. The van der Waals surface area contributed by atoms with Crippen LogP contribution in [0.1, 0.15) is 0 Å². The Balaban J connectivity index is 0.00000144. The van der Waals surface area contributed by atoms with E-state index < -0.39 is 7.82 Å². The predicted molar refractivity (Wildman–Crippen MR) is 65.0 cm³/mol. The van der Waals surface area contributed by atoms with Crippen LogP contribution in [0.25, 0.3) is 10.9 Å². The van der Waals surface area contributed by atoms with Crippen molar-refractivity contribution >= 4 is 84.0 Å². The number of hydrogen-bond donors (Lipinski definition) is 1. The van der Waals surface area contributed by atoms with Gasteiger partial charge in [-0.15, -0.1) is 0 Å². The minimum Gasteiger partial charge on any atom is -0.780 e. The van der Waals surface area contributed by atoms with Gasteiger partial charge in [-0.3, -0.25) is 0 Å². The maximum atomic E-state index is 10.5. The predicted octanol–water partition coefficient (Wildman–Crippen LogP) is 1.41. The van der Waals surface area contributed by atoms with Gasteiger partial charge in [0.2, 0.25) is 0 Å². The Labute approximate surface area is 140 Å². The number of rotatable bonds is 2. The fourth-order valence-electron chi connectivity index (χ4n) is 1.32. The third-order valence-electron chi connectivity index (χ3n) is 1.91. The van der Waals surface area contributed by atoms with Gasteiger partial charge in [-0.2, -0.15) is 0 Å². The minimum atomic E-state index is -5.09. The van der Waals surface area contributed by atoms with Gasteiger partial charge < -0.3 is 23.9 Å². The summed E-state index contributed by atoms with van der Waals surface area (Å²) in [5, 5.41) is 0.630. The molecule has 0 fully saturated rings.